The molecule has 1 aliphatic rings. The van der Waals surface area contributed by atoms with Crippen LogP contribution in [0.1, 0.15) is 62.1 Å². The van der Waals surface area contributed by atoms with Crippen molar-refractivity contribution in [3.63, 3.8) is 0 Å². The van der Waals surface area contributed by atoms with Crippen LogP contribution in [0, 0.1) is 0 Å². The van der Waals surface area contributed by atoms with Crippen molar-refractivity contribution in [3.8, 4) is 0 Å². The molecule has 2 aromatic rings. The Bertz CT molecular complexity index is 623. The molecule has 2 heterocycles. The predicted molar refractivity (Wildman–Crippen MR) is 72.4 cm³/mol. The first-order valence-electron chi connectivity index (χ1n) is 6.56. The van der Waals surface area contributed by atoms with Gasteiger partial charge >= 0.3 is 0 Å². The number of rotatable bonds is 2. The normalized spacial score (nSPS) is 17.1. The third kappa shape index (κ3) is 1.96. The highest BCUT2D eigenvalue weighted by molar-refractivity contribution is 7.16. The number of fused-ring (bicyclic) bond motifs is 1. The molecule has 0 saturated heterocycles. The van der Waals surface area contributed by atoms with Crippen LogP contribution in [0.5, 0.6) is 0 Å². The molecule has 0 unspecified atom stereocenters. The molecule has 2 aromatic heterocycles. The van der Waals surface area contributed by atoms with Gasteiger partial charge in [-0.15, -0.1) is 0 Å². The Hall–Kier alpha value is -1.23. The fraction of sp³-hybridized carbons (Fsp3) is 0.615. The average Bonchev–Trinajstić information content (AvgIpc) is 2.96. The van der Waals surface area contributed by atoms with Crippen LogP contribution in [-0.2, 0) is 0 Å². The summed E-state index contributed by atoms with van der Waals surface area (Å²) >= 11 is 1.58. The summed E-state index contributed by atoms with van der Waals surface area (Å²) in [5.41, 5.74) is 0.811. The molecular formula is C13H17N3OS. The van der Waals surface area contributed by atoms with E-state index in [-0.39, 0.29) is 11.5 Å². The van der Waals surface area contributed by atoms with Crippen LogP contribution in [-0.4, -0.2) is 14.6 Å². The van der Waals surface area contributed by atoms with Crippen molar-refractivity contribution < 1.29 is 0 Å². The molecule has 0 amide bonds. The first kappa shape index (κ1) is 11.8. The second kappa shape index (κ2) is 4.46. The van der Waals surface area contributed by atoms with E-state index in [9.17, 15) is 4.79 Å². The summed E-state index contributed by atoms with van der Waals surface area (Å²) in [4.78, 5) is 17.3. The van der Waals surface area contributed by atoms with Gasteiger partial charge in [0.25, 0.3) is 5.56 Å². The van der Waals surface area contributed by atoms with E-state index in [1.807, 2.05) is 0 Å². The van der Waals surface area contributed by atoms with E-state index in [2.05, 4.69) is 23.9 Å². The second-order valence-electron chi connectivity index (χ2n) is 5.29. The molecule has 1 fully saturated rings. The van der Waals surface area contributed by atoms with Crippen molar-refractivity contribution in [2.24, 2.45) is 0 Å². The standard InChI is InChI=1S/C13H17N3OS/c1-8(2)10-7-11(17)16-13(14-10)18-12(15-16)9-5-3-4-6-9/h7-9H,3-6H2,1-2H3. The molecular weight excluding hydrogens is 246 g/mol. The first-order valence-corrected chi connectivity index (χ1v) is 7.37. The minimum absolute atomic E-state index is 0.0517. The van der Waals surface area contributed by atoms with Crippen LogP contribution in [0.2, 0.25) is 0 Å². The van der Waals surface area contributed by atoms with Crippen LogP contribution in [0.15, 0.2) is 10.9 Å². The maximum atomic E-state index is 12.0. The first-order chi connectivity index (χ1) is 8.65. The van der Waals surface area contributed by atoms with Gasteiger partial charge in [-0.2, -0.15) is 9.61 Å². The SMILES string of the molecule is CC(C)c1cc(=O)n2nc(C3CCCC3)sc2n1. The summed E-state index contributed by atoms with van der Waals surface area (Å²) in [6.07, 6.45) is 4.96. The molecule has 0 atom stereocenters. The smallest absolute Gasteiger partial charge is 0.267 e. The fourth-order valence-corrected chi connectivity index (χ4v) is 3.56. The second-order valence-corrected chi connectivity index (χ2v) is 6.28. The van der Waals surface area contributed by atoms with Crippen molar-refractivity contribution in [1.82, 2.24) is 14.6 Å². The molecule has 0 spiro atoms. The zero-order valence-electron chi connectivity index (χ0n) is 10.7. The Morgan fingerprint density at radius 3 is 2.78 bits per heavy atom. The molecule has 5 heteroatoms. The number of aromatic nitrogens is 3. The number of hydrogen-bond acceptors (Lipinski definition) is 4. The van der Waals surface area contributed by atoms with Gasteiger partial charge in [0.1, 0.15) is 5.01 Å². The van der Waals surface area contributed by atoms with E-state index in [1.54, 1.807) is 17.4 Å². The van der Waals surface area contributed by atoms with Crippen LogP contribution in [0.3, 0.4) is 0 Å². The molecule has 0 aromatic carbocycles. The molecule has 4 nitrogen and oxygen atoms in total. The average molecular weight is 263 g/mol. The Labute approximate surface area is 110 Å². The van der Waals surface area contributed by atoms with Gasteiger partial charge in [-0.05, 0) is 18.8 Å². The van der Waals surface area contributed by atoms with Gasteiger partial charge in [0.2, 0.25) is 4.96 Å². The lowest BCUT2D eigenvalue weighted by Gasteiger charge is -2.01. The zero-order valence-corrected chi connectivity index (χ0v) is 11.5. The van der Waals surface area contributed by atoms with Crippen molar-refractivity contribution >= 4 is 16.3 Å². The Morgan fingerprint density at radius 1 is 1.39 bits per heavy atom. The summed E-state index contributed by atoms with van der Waals surface area (Å²) in [6.45, 7) is 4.11. The lowest BCUT2D eigenvalue weighted by atomic mass is 10.1. The van der Waals surface area contributed by atoms with Crippen LogP contribution < -0.4 is 5.56 Å². The zero-order chi connectivity index (χ0) is 12.7. The molecule has 0 radical (unpaired) electrons. The van der Waals surface area contributed by atoms with Gasteiger partial charge in [0, 0.05) is 12.0 Å². The third-order valence-corrected chi connectivity index (χ3v) is 4.65. The summed E-state index contributed by atoms with van der Waals surface area (Å²) in [7, 11) is 0. The summed E-state index contributed by atoms with van der Waals surface area (Å²) < 4.78 is 1.46. The number of nitrogens with zero attached hydrogens (tertiary/aromatic N) is 3. The van der Waals surface area contributed by atoms with E-state index in [0.717, 1.165) is 15.7 Å². The Morgan fingerprint density at radius 2 is 2.11 bits per heavy atom. The van der Waals surface area contributed by atoms with Crippen LogP contribution >= 0.6 is 11.3 Å². The van der Waals surface area contributed by atoms with Gasteiger partial charge in [-0.3, -0.25) is 4.79 Å². The topological polar surface area (TPSA) is 47.3 Å². The van der Waals surface area contributed by atoms with E-state index < -0.39 is 0 Å². The largest absolute Gasteiger partial charge is 0.275 e. The van der Waals surface area contributed by atoms with Crippen LogP contribution in [0.4, 0.5) is 0 Å². The summed E-state index contributed by atoms with van der Waals surface area (Å²) in [5, 5.41) is 5.54. The number of hydrogen-bond donors (Lipinski definition) is 0. The molecule has 0 aliphatic heterocycles. The summed E-state index contributed by atoms with van der Waals surface area (Å²) in [6, 6.07) is 1.61. The molecule has 3 rings (SSSR count). The molecule has 0 bridgehead atoms. The quantitative estimate of drug-likeness (QED) is 0.837. The van der Waals surface area contributed by atoms with Crippen LogP contribution in [0.25, 0.3) is 4.96 Å². The fourth-order valence-electron chi connectivity index (χ4n) is 2.48. The van der Waals surface area contributed by atoms with Crippen molar-refractivity contribution in [3.05, 3.63) is 27.1 Å². The van der Waals surface area contributed by atoms with E-state index in [1.165, 1.54) is 30.2 Å². The van der Waals surface area contributed by atoms with Gasteiger partial charge in [-0.1, -0.05) is 38.0 Å². The Balaban J connectivity index is 2.10. The minimum atomic E-state index is -0.0517. The van der Waals surface area contributed by atoms with E-state index in [4.69, 9.17) is 0 Å². The lowest BCUT2D eigenvalue weighted by Crippen LogP contribution is -2.16. The van der Waals surface area contributed by atoms with E-state index in [0.29, 0.717) is 5.92 Å². The van der Waals surface area contributed by atoms with Crippen molar-refractivity contribution in [2.45, 2.75) is 51.4 Å². The highest BCUT2D eigenvalue weighted by atomic mass is 32.1. The molecule has 1 aliphatic carbocycles. The monoisotopic (exact) mass is 263 g/mol. The van der Waals surface area contributed by atoms with Crippen molar-refractivity contribution in [2.75, 3.05) is 0 Å². The highest BCUT2D eigenvalue weighted by Gasteiger charge is 2.22. The molecule has 1 saturated carbocycles. The highest BCUT2D eigenvalue weighted by Crippen LogP contribution is 2.35. The maximum Gasteiger partial charge on any atom is 0.275 e. The van der Waals surface area contributed by atoms with E-state index >= 15 is 0 Å². The Kier molecular flexibility index (Phi) is 2.93. The minimum Gasteiger partial charge on any atom is -0.267 e. The van der Waals surface area contributed by atoms with Gasteiger partial charge < -0.3 is 0 Å². The third-order valence-electron chi connectivity index (χ3n) is 3.58. The van der Waals surface area contributed by atoms with Gasteiger partial charge in [-0.25, -0.2) is 4.98 Å². The van der Waals surface area contributed by atoms with Gasteiger partial charge in [0.05, 0.1) is 5.69 Å². The molecule has 18 heavy (non-hydrogen) atoms. The summed E-state index contributed by atoms with van der Waals surface area (Å²) in [5.74, 6) is 0.818. The lowest BCUT2D eigenvalue weighted by molar-refractivity contribution is 0.689. The van der Waals surface area contributed by atoms with Crippen molar-refractivity contribution in [1.29, 1.82) is 0 Å². The molecule has 0 N–H and O–H groups in total. The molecule has 96 valence electrons. The predicted octanol–water partition coefficient (Wildman–Crippen LogP) is 2.93. The van der Waals surface area contributed by atoms with Gasteiger partial charge in [0.15, 0.2) is 0 Å². The maximum absolute atomic E-state index is 12.0.